The molecule has 1 amide bonds. The van der Waals surface area contributed by atoms with Crippen LogP contribution in [0, 0.1) is 23.2 Å². The lowest BCUT2D eigenvalue weighted by atomic mass is 9.91. The summed E-state index contributed by atoms with van der Waals surface area (Å²) in [7, 11) is 0. The van der Waals surface area contributed by atoms with Crippen LogP contribution >= 0.6 is 0 Å². The molecular weight excluding hydrogens is 230 g/mol. The molecule has 0 radical (unpaired) electrons. The Morgan fingerprint density at radius 3 is 2.28 bits per heavy atom. The molecule has 0 aromatic rings. The van der Waals surface area contributed by atoms with Crippen LogP contribution in [0.4, 0.5) is 0 Å². The second-order valence-electron chi connectivity index (χ2n) is 6.73. The van der Waals surface area contributed by atoms with Gasteiger partial charge in [-0.15, -0.1) is 0 Å². The van der Waals surface area contributed by atoms with Crippen LogP contribution in [0.3, 0.4) is 0 Å². The molecule has 0 aromatic heterocycles. The lowest BCUT2D eigenvalue weighted by Crippen LogP contribution is -2.36. The number of hydrogen-bond donors (Lipinski definition) is 2. The van der Waals surface area contributed by atoms with Crippen molar-refractivity contribution in [2.24, 2.45) is 23.2 Å². The summed E-state index contributed by atoms with van der Waals surface area (Å²) in [6, 6.07) is 0. The molecule has 0 saturated heterocycles. The molecule has 0 aromatic carbocycles. The van der Waals surface area contributed by atoms with Crippen molar-refractivity contribution in [3.8, 4) is 0 Å². The third-order valence-electron chi connectivity index (χ3n) is 3.63. The van der Waals surface area contributed by atoms with Crippen LogP contribution < -0.4 is 5.32 Å². The Kier molecular flexibility index (Phi) is 4.77. The fourth-order valence-electron chi connectivity index (χ4n) is 2.55. The van der Waals surface area contributed by atoms with E-state index in [0.29, 0.717) is 25.3 Å². The van der Waals surface area contributed by atoms with Gasteiger partial charge in [0.25, 0.3) is 0 Å². The van der Waals surface area contributed by atoms with Crippen molar-refractivity contribution in [3.63, 3.8) is 0 Å². The van der Waals surface area contributed by atoms with E-state index >= 15 is 0 Å². The Labute approximate surface area is 109 Å². The second-order valence-corrected chi connectivity index (χ2v) is 6.73. The topological polar surface area (TPSA) is 66.4 Å². The third-order valence-corrected chi connectivity index (χ3v) is 3.63. The van der Waals surface area contributed by atoms with Gasteiger partial charge < -0.3 is 10.4 Å². The molecule has 4 nitrogen and oxygen atoms in total. The van der Waals surface area contributed by atoms with Crippen LogP contribution in [0.2, 0.25) is 0 Å². The monoisotopic (exact) mass is 255 g/mol. The smallest absolute Gasteiger partial charge is 0.307 e. The third kappa shape index (κ3) is 4.31. The van der Waals surface area contributed by atoms with E-state index in [9.17, 15) is 9.59 Å². The highest BCUT2D eigenvalue weighted by atomic mass is 16.4. The predicted octanol–water partition coefficient (Wildman–Crippen LogP) is 2.29. The van der Waals surface area contributed by atoms with Gasteiger partial charge in [0.1, 0.15) is 0 Å². The van der Waals surface area contributed by atoms with E-state index < -0.39 is 11.9 Å². The molecule has 1 fully saturated rings. The number of carboxylic acid groups (broad SMARTS) is 1. The maximum Gasteiger partial charge on any atom is 0.307 e. The van der Waals surface area contributed by atoms with Gasteiger partial charge in [-0.1, -0.05) is 27.7 Å². The summed E-state index contributed by atoms with van der Waals surface area (Å²) in [5.74, 6) is -1.46. The molecule has 1 aliphatic rings. The van der Waals surface area contributed by atoms with Crippen LogP contribution in [0.25, 0.3) is 0 Å². The summed E-state index contributed by atoms with van der Waals surface area (Å²) in [5.41, 5.74) is 0.183. The van der Waals surface area contributed by atoms with Gasteiger partial charge in [0.2, 0.25) is 5.91 Å². The van der Waals surface area contributed by atoms with Crippen molar-refractivity contribution < 1.29 is 14.7 Å². The van der Waals surface area contributed by atoms with E-state index in [4.69, 9.17) is 5.11 Å². The number of carbonyl (C=O) groups is 2. The molecule has 3 atom stereocenters. The summed E-state index contributed by atoms with van der Waals surface area (Å²) >= 11 is 0. The number of amides is 1. The van der Waals surface area contributed by atoms with Gasteiger partial charge in [-0.25, -0.2) is 0 Å². The summed E-state index contributed by atoms with van der Waals surface area (Å²) in [4.78, 5) is 23.1. The van der Waals surface area contributed by atoms with Crippen LogP contribution in [-0.4, -0.2) is 23.5 Å². The molecule has 0 spiro atoms. The first-order valence-electron chi connectivity index (χ1n) is 6.71. The molecule has 4 heteroatoms. The van der Waals surface area contributed by atoms with E-state index in [1.54, 1.807) is 0 Å². The standard InChI is InChI=1S/C14H25NO3/c1-9-7-10(11(8-9)13(17)18)12(16)15-6-5-14(2,3)4/h9-11H,5-8H2,1-4H3,(H,15,16)(H,17,18). The first-order chi connectivity index (χ1) is 8.20. The van der Waals surface area contributed by atoms with Gasteiger partial charge in [-0.05, 0) is 30.6 Å². The highest BCUT2D eigenvalue weighted by molar-refractivity contribution is 5.85. The van der Waals surface area contributed by atoms with Crippen molar-refractivity contribution in [1.29, 1.82) is 0 Å². The molecule has 1 saturated carbocycles. The molecule has 3 unspecified atom stereocenters. The van der Waals surface area contributed by atoms with Gasteiger partial charge in [-0.3, -0.25) is 9.59 Å². The number of nitrogens with one attached hydrogen (secondary N) is 1. The normalized spacial score (nSPS) is 28.1. The summed E-state index contributed by atoms with van der Waals surface area (Å²) in [6.45, 7) is 9.00. The van der Waals surface area contributed by atoms with Gasteiger partial charge >= 0.3 is 5.97 Å². The molecule has 18 heavy (non-hydrogen) atoms. The van der Waals surface area contributed by atoms with Crippen molar-refractivity contribution in [2.45, 2.75) is 47.0 Å². The van der Waals surface area contributed by atoms with E-state index in [0.717, 1.165) is 6.42 Å². The average Bonchev–Trinajstić information content (AvgIpc) is 2.58. The van der Waals surface area contributed by atoms with E-state index in [-0.39, 0.29) is 17.2 Å². The Bertz CT molecular complexity index is 319. The van der Waals surface area contributed by atoms with Gasteiger partial charge in [0, 0.05) is 6.54 Å². The molecule has 1 aliphatic carbocycles. The summed E-state index contributed by atoms with van der Waals surface area (Å²) in [6.07, 6.45) is 2.21. The highest BCUT2D eigenvalue weighted by Gasteiger charge is 2.40. The Morgan fingerprint density at radius 1 is 1.22 bits per heavy atom. The molecule has 0 aliphatic heterocycles. The molecule has 0 heterocycles. The number of hydrogen-bond acceptors (Lipinski definition) is 2. The minimum Gasteiger partial charge on any atom is -0.481 e. The van der Waals surface area contributed by atoms with E-state index in [1.165, 1.54) is 0 Å². The van der Waals surface area contributed by atoms with Crippen LogP contribution in [-0.2, 0) is 9.59 Å². The summed E-state index contributed by atoms with van der Waals surface area (Å²) in [5, 5.41) is 12.0. The molecule has 104 valence electrons. The van der Waals surface area contributed by atoms with E-state index in [1.807, 2.05) is 6.92 Å². The van der Waals surface area contributed by atoms with Crippen molar-refractivity contribution in [1.82, 2.24) is 5.32 Å². The zero-order valence-electron chi connectivity index (χ0n) is 11.8. The first kappa shape index (κ1) is 15.0. The van der Waals surface area contributed by atoms with Crippen molar-refractivity contribution >= 4 is 11.9 Å². The number of aliphatic carboxylic acids is 1. The predicted molar refractivity (Wildman–Crippen MR) is 70.1 cm³/mol. The van der Waals surface area contributed by atoms with E-state index in [2.05, 4.69) is 26.1 Å². The van der Waals surface area contributed by atoms with Crippen LogP contribution in [0.1, 0.15) is 47.0 Å². The van der Waals surface area contributed by atoms with Crippen LogP contribution in [0.5, 0.6) is 0 Å². The first-order valence-corrected chi connectivity index (χ1v) is 6.71. The minimum atomic E-state index is -0.838. The summed E-state index contributed by atoms with van der Waals surface area (Å²) < 4.78 is 0. The SMILES string of the molecule is CC1CC(C(=O)O)C(C(=O)NCCC(C)(C)C)C1. The molecule has 0 bridgehead atoms. The Morgan fingerprint density at radius 2 is 1.78 bits per heavy atom. The number of carbonyl (C=O) groups excluding carboxylic acids is 1. The molecular formula is C14H25NO3. The Hall–Kier alpha value is -1.06. The highest BCUT2D eigenvalue weighted by Crippen LogP contribution is 2.36. The Balaban J connectivity index is 2.48. The zero-order valence-corrected chi connectivity index (χ0v) is 11.8. The number of rotatable bonds is 4. The lowest BCUT2D eigenvalue weighted by Gasteiger charge is -2.20. The van der Waals surface area contributed by atoms with Gasteiger partial charge in [0.15, 0.2) is 0 Å². The maximum absolute atomic E-state index is 12.0. The molecule has 2 N–H and O–H groups in total. The maximum atomic E-state index is 12.0. The fourth-order valence-corrected chi connectivity index (χ4v) is 2.55. The number of carboxylic acids is 1. The van der Waals surface area contributed by atoms with Crippen molar-refractivity contribution in [3.05, 3.63) is 0 Å². The van der Waals surface area contributed by atoms with Crippen LogP contribution in [0.15, 0.2) is 0 Å². The second kappa shape index (κ2) is 5.72. The lowest BCUT2D eigenvalue weighted by molar-refractivity contribution is -0.146. The quantitative estimate of drug-likeness (QED) is 0.810. The fraction of sp³-hybridized carbons (Fsp3) is 0.857. The average molecular weight is 255 g/mol. The van der Waals surface area contributed by atoms with Gasteiger partial charge in [-0.2, -0.15) is 0 Å². The largest absolute Gasteiger partial charge is 0.481 e. The zero-order chi connectivity index (χ0) is 13.9. The minimum absolute atomic E-state index is 0.0870. The van der Waals surface area contributed by atoms with Crippen molar-refractivity contribution in [2.75, 3.05) is 6.54 Å². The van der Waals surface area contributed by atoms with Gasteiger partial charge in [0.05, 0.1) is 11.8 Å². The molecule has 1 rings (SSSR count).